The van der Waals surface area contributed by atoms with E-state index in [-0.39, 0.29) is 5.78 Å². The number of hydrogen-bond acceptors (Lipinski definition) is 3. The summed E-state index contributed by atoms with van der Waals surface area (Å²) < 4.78 is 0. The van der Waals surface area contributed by atoms with Crippen molar-refractivity contribution in [1.82, 2.24) is 9.97 Å². The average molecular weight is 246 g/mol. The van der Waals surface area contributed by atoms with Crippen LogP contribution in [-0.2, 0) is 0 Å². The SMILES string of the molecule is Cc1cc2ccccc2c2c1-c1nccnc1C2=O. The molecule has 1 aromatic heterocycles. The molecule has 0 aliphatic heterocycles. The van der Waals surface area contributed by atoms with E-state index in [1.54, 1.807) is 12.4 Å². The molecule has 19 heavy (non-hydrogen) atoms. The summed E-state index contributed by atoms with van der Waals surface area (Å²) in [4.78, 5) is 21.1. The van der Waals surface area contributed by atoms with Crippen molar-refractivity contribution >= 4 is 16.6 Å². The lowest BCUT2D eigenvalue weighted by Crippen LogP contribution is -1.99. The van der Waals surface area contributed by atoms with Crippen molar-refractivity contribution in [1.29, 1.82) is 0 Å². The van der Waals surface area contributed by atoms with Gasteiger partial charge in [0.2, 0.25) is 5.78 Å². The predicted octanol–water partition coefficient (Wildman–Crippen LogP) is 3.15. The van der Waals surface area contributed by atoms with Crippen LogP contribution in [0, 0.1) is 6.92 Å². The van der Waals surface area contributed by atoms with Crippen LogP contribution in [0.4, 0.5) is 0 Å². The molecule has 2 aromatic carbocycles. The summed E-state index contributed by atoms with van der Waals surface area (Å²) in [5.41, 5.74) is 3.94. The Labute approximate surface area is 109 Å². The molecule has 0 saturated carbocycles. The minimum atomic E-state index is -0.0157. The average Bonchev–Trinajstić information content (AvgIpc) is 2.74. The molecular weight excluding hydrogens is 236 g/mol. The fourth-order valence-electron chi connectivity index (χ4n) is 2.83. The summed E-state index contributed by atoms with van der Waals surface area (Å²) in [5.74, 6) is -0.0157. The fraction of sp³-hybridized carbons (Fsp3) is 0.0625. The third kappa shape index (κ3) is 1.24. The number of aromatic nitrogens is 2. The molecule has 1 aliphatic rings. The molecule has 3 aromatic rings. The first kappa shape index (κ1) is 10.4. The highest BCUT2D eigenvalue weighted by molar-refractivity contribution is 6.26. The molecule has 90 valence electrons. The fourth-order valence-corrected chi connectivity index (χ4v) is 2.83. The number of fused-ring (bicyclic) bond motifs is 5. The van der Waals surface area contributed by atoms with Gasteiger partial charge in [-0.25, -0.2) is 4.98 Å². The molecule has 0 atom stereocenters. The van der Waals surface area contributed by atoms with Crippen molar-refractivity contribution < 1.29 is 4.79 Å². The molecular formula is C16H10N2O. The minimum Gasteiger partial charge on any atom is -0.287 e. The Morgan fingerprint density at radius 2 is 1.68 bits per heavy atom. The van der Waals surface area contributed by atoms with Gasteiger partial charge in [0, 0.05) is 23.5 Å². The Kier molecular flexibility index (Phi) is 1.90. The van der Waals surface area contributed by atoms with Crippen LogP contribution in [-0.4, -0.2) is 15.8 Å². The van der Waals surface area contributed by atoms with E-state index in [1.165, 1.54) is 0 Å². The zero-order valence-corrected chi connectivity index (χ0v) is 10.3. The Bertz CT molecular complexity index is 852. The zero-order chi connectivity index (χ0) is 13.0. The zero-order valence-electron chi connectivity index (χ0n) is 10.3. The first-order valence-corrected chi connectivity index (χ1v) is 6.16. The van der Waals surface area contributed by atoms with Crippen LogP contribution in [0.5, 0.6) is 0 Å². The van der Waals surface area contributed by atoms with Gasteiger partial charge in [-0.3, -0.25) is 9.78 Å². The van der Waals surface area contributed by atoms with Crippen LogP contribution in [0.3, 0.4) is 0 Å². The minimum absolute atomic E-state index is 0.0157. The van der Waals surface area contributed by atoms with Gasteiger partial charge in [0.05, 0.1) is 0 Å². The molecule has 3 nitrogen and oxygen atoms in total. The molecule has 0 radical (unpaired) electrons. The Balaban J connectivity index is 2.23. The molecule has 0 amide bonds. The standard InChI is InChI=1S/C16H10N2O/c1-9-8-10-4-2-3-5-11(10)13-12(9)14-15(16(13)19)18-7-6-17-14/h2-8H,1H3. The van der Waals surface area contributed by atoms with Crippen molar-refractivity contribution in [2.24, 2.45) is 0 Å². The number of carbonyl (C=O) groups excluding carboxylic acids is 1. The topological polar surface area (TPSA) is 42.9 Å². The number of aryl methyl sites for hydroxylation is 1. The van der Waals surface area contributed by atoms with E-state index in [0.717, 1.165) is 27.5 Å². The maximum Gasteiger partial charge on any atom is 0.214 e. The number of nitrogens with zero attached hydrogens (tertiary/aromatic N) is 2. The summed E-state index contributed by atoms with van der Waals surface area (Å²) >= 11 is 0. The third-order valence-electron chi connectivity index (χ3n) is 3.62. The van der Waals surface area contributed by atoms with Gasteiger partial charge >= 0.3 is 0 Å². The lowest BCUT2D eigenvalue weighted by Gasteiger charge is -2.07. The van der Waals surface area contributed by atoms with Crippen molar-refractivity contribution in [2.45, 2.75) is 6.92 Å². The molecule has 0 N–H and O–H groups in total. The highest BCUT2D eigenvalue weighted by Crippen LogP contribution is 2.40. The number of rotatable bonds is 0. The number of carbonyl (C=O) groups is 1. The third-order valence-corrected chi connectivity index (χ3v) is 3.62. The van der Waals surface area contributed by atoms with Crippen molar-refractivity contribution in [3.63, 3.8) is 0 Å². The van der Waals surface area contributed by atoms with Crippen LogP contribution in [0.15, 0.2) is 42.7 Å². The van der Waals surface area contributed by atoms with Crippen LogP contribution in [0.1, 0.15) is 21.6 Å². The molecule has 1 heterocycles. The molecule has 0 bridgehead atoms. The number of ketones is 1. The molecule has 4 rings (SSSR count). The van der Waals surface area contributed by atoms with E-state index >= 15 is 0 Å². The Hall–Kier alpha value is -2.55. The van der Waals surface area contributed by atoms with Gasteiger partial charge in [0.15, 0.2) is 0 Å². The molecule has 0 unspecified atom stereocenters. The molecule has 0 spiro atoms. The number of benzene rings is 2. The van der Waals surface area contributed by atoms with E-state index in [4.69, 9.17) is 0 Å². The maximum absolute atomic E-state index is 12.6. The first-order valence-electron chi connectivity index (χ1n) is 6.16. The van der Waals surface area contributed by atoms with Crippen LogP contribution < -0.4 is 0 Å². The lowest BCUT2D eigenvalue weighted by atomic mass is 9.96. The van der Waals surface area contributed by atoms with Crippen LogP contribution >= 0.6 is 0 Å². The largest absolute Gasteiger partial charge is 0.287 e. The van der Waals surface area contributed by atoms with Gasteiger partial charge in [-0.2, -0.15) is 0 Å². The first-order chi connectivity index (χ1) is 9.27. The Morgan fingerprint density at radius 1 is 0.947 bits per heavy atom. The van der Waals surface area contributed by atoms with Gasteiger partial charge in [0.25, 0.3) is 0 Å². The number of hydrogen-bond donors (Lipinski definition) is 0. The van der Waals surface area contributed by atoms with Crippen molar-refractivity contribution in [2.75, 3.05) is 0 Å². The monoisotopic (exact) mass is 246 g/mol. The Morgan fingerprint density at radius 3 is 2.53 bits per heavy atom. The lowest BCUT2D eigenvalue weighted by molar-refractivity contribution is 0.104. The normalized spacial score (nSPS) is 12.6. The summed E-state index contributed by atoms with van der Waals surface area (Å²) in [7, 11) is 0. The summed E-state index contributed by atoms with van der Waals surface area (Å²) in [6.45, 7) is 2.02. The molecule has 0 saturated heterocycles. The van der Waals surface area contributed by atoms with E-state index in [9.17, 15) is 4.79 Å². The highest BCUT2D eigenvalue weighted by atomic mass is 16.1. The molecule has 0 fully saturated rings. The van der Waals surface area contributed by atoms with E-state index in [0.29, 0.717) is 11.4 Å². The van der Waals surface area contributed by atoms with Gasteiger partial charge < -0.3 is 0 Å². The van der Waals surface area contributed by atoms with E-state index in [1.807, 2.05) is 31.2 Å². The van der Waals surface area contributed by atoms with E-state index < -0.39 is 0 Å². The van der Waals surface area contributed by atoms with Crippen molar-refractivity contribution in [3.05, 3.63) is 59.5 Å². The predicted molar refractivity (Wildman–Crippen MR) is 73.1 cm³/mol. The summed E-state index contributed by atoms with van der Waals surface area (Å²) in [6.07, 6.45) is 3.20. The van der Waals surface area contributed by atoms with Crippen LogP contribution in [0.25, 0.3) is 22.0 Å². The molecule has 3 heteroatoms. The second-order valence-corrected chi connectivity index (χ2v) is 4.75. The summed E-state index contributed by atoms with van der Waals surface area (Å²) in [5, 5.41) is 2.06. The quantitative estimate of drug-likeness (QED) is 0.478. The second-order valence-electron chi connectivity index (χ2n) is 4.75. The second kappa shape index (κ2) is 3.48. The maximum atomic E-state index is 12.6. The highest BCUT2D eigenvalue weighted by Gasteiger charge is 2.32. The summed E-state index contributed by atoms with van der Waals surface area (Å²) in [6, 6.07) is 10.1. The van der Waals surface area contributed by atoms with Crippen LogP contribution in [0.2, 0.25) is 0 Å². The van der Waals surface area contributed by atoms with Gasteiger partial charge in [0.1, 0.15) is 11.4 Å². The van der Waals surface area contributed by atoms with E-state index in [2.05, 4.69) is 16.0 Å². The van der Waals surface area contributed by atoms with Gasteiger partial charge in [-0.05, 0) is 23.3 Å². The van der Waals surface area contributed by atoms with Gasteiger partial charge in [-0.1, -0.05) is 30.3 Å². The molecule has 1 aliphatic carbocycles. The van der Waals surface area contributed by atoms with Crippen molar-refractivity contribution in [3.8, 4) is 11.3 Å². The smallest absolute Gasteiger partial charge is 0.214 e. The van der Waals surface area contributed by atoms with Gasteiger partial charge in [-0.15, -0.1) is 0 Å².